The zero-order valence-electron chi connectivity index (χ0n) is 45.5. The SMILES string of the molecule is CC/C=C\C/C=C\C/C=C\C/C=C\CCCCCCCCCCCCCCC(=O)NC(COP(=O)([O-])OCC[N+](C)(C)C)C(O)/C=C/CC/C=C/CC/C=C/CCCCCCCCCCCCCC. The van der Waals surface area contributed by atoms with Crippen LogP contribution in [-0.4, -0.2) is 68.5 Å². The van der Waals surface area contributed by atoms with Gasteiger partial charge in [-0.3, -0.25) is 9.36 Å². The number of nitrogens with one attached hydrogen (secondary N) is 1. The second-order valence-corrected chi connectivity index (χ2v) is 21.7. The number of hydrogen-bond acceptors (Lipinski definition) is 6. The van der Waals surface area contributed by atoms with Crippen LogP contribution in [0.2, 0.25) is 0 Å². The molecule has 0 saturated heterocycles. The van der Waals surface area contributed by atoms with Crippen LogP contribution >= 0.6 is 7.82 Å². The number of quaternary nitrogens is 1. The Labute approximate surface area is 426 Å². The third kappa shape index (κ3) is 53.3. The molecule has 3 unspecified atom stereocenters. The highest BCUT2D eigenvalue weighted by Crippen LogP contribution is 2.38. The van der Waals surface area contributed by atoms with Crippen molar-refractivity contribution >= 4 is 13.7 Å². The second-order valence-electron chi connectivity index (χ2n) is 20.2. The topological polar surface area (TPSA) is 108 Å². The first-order chi connectivity index (χ1) is 33.5. The standard InChI is InChI=1S/C60H109N2O6P/c1-6-8-10-12-14-16-18-20-22-24-26-28-30-31-32-34-36-38-40-42-44-46-48-50-52-54-60(64)61-58(57-68-69(65,66)67-56-55-62(3,4)5)59(63)53-51-49-47-45-43-41-39-37-35-33-29-27-25-23-21-19-17-15-13-11-9-7-2/h8,10,14,16,20,22,26,28,35,37,43,45,51,53,58-59,63H,6-7,9,11-13,15,17-19,21,23-25,27,29-34,36,38-42,44,46-50,52,54-57H2,1-5H3,(H-,61,64,65,66)/b10-8-,16-14-,22-20-,28-26-,37-35+,45-43+,53-51+. The summed E-state index contributed by atoms with van der Waals surface area (Å²) in [7, 11) is 1.23. The molecule has 0 aliphatic heterocycles. The first-order valence-electron chi connectivity index (χ1n) is 28.4. The van der Waals surface area contributed by atoms with E-state index in [-0.39, 0.29) is 12.5 Å². The van der Waals surface area contributed by atoms with Crippen LogP contribution in [0.4, 0.5) is 0 Å². The highest BCUT2D eigenvalue weighted by atomic mass is 31.2. The number of carbonyl (C=O) groups excluding carboxylic acids is 1. The minimum atomic E-state index is -4.61. The molecule has 2 N–H and O–H groups in total. The largest absolute Gasteiger partial charge is 0.756 e. The van der Waals surface area contributed by atoms with E-state index in [0.717, 1.165) is 70.6 Å². The van der Waals surface area contributed by atoms with Crippen LogP contribution in [0.25, 0.3) is 0 Å². The number of allylic oxidation sites excluding steroid dienone is 13. The van der Waals surface area contributed by atoms with Gasteiger partial charge in [0.05, 0.1) is 39.9 Å². The lowest BCUT2D eigenvalue weighted by Gasteiger charge is -2.29. The Morgan fingerprint density at radius 3 is 1.35 bits per heavy atom. The van der Waals surface area contributed by atoms with Crippen LogP contribution in [0, 0.1) is 0 Å². The molecule has 0 bridgehead atoms. The molecule has 400 valence electrons. The van der Waals surface area contributed by atoms with Gasteiger partial charge in [0.1, 0.15) is 13.2 Å². The Hall–Kier alpha value is -2.32. The summed E-state index contributed by atoms with van der Waals surface area (Å²) in [5.74, 6) is -0.215. The number of aliphatic hydroxyl groups excluding tert-OH is 1. The fourth-order valence-corrected chi connectivity index (χ4v) is 8.61. The number of nitrogens with zero attached hydrogens (tertiary/aromatic N) is 1. The van der Waals surface area contributed by atoms with E-state index < -0.39 is 26.6 Å². The summed E-state index contributed by atoms with van der Waals surface area (Å²) in [6.07, 6.45) is 70.9. The van der Waals surface area contributed by atoms with Crippen LogP contribution in [-0.2, 0) is 18.4 Å². The van der Waals surface area contributed by atoms with Crippen molar-refractivity contribution in [2.45, 2.75) is 251 Å². The fourth-order valence-electron chi connectivity index (χ4n) is 7.88. The van der Waals surface area contributed by atoms with Crippen molar-refractivity contribution in [1.82, 2.24) is 5.32 Å². The Balaban J connectivity index is 4.30. The summed E-state index contributed by atoms with van der Waals surface area (Å²) in [5, 5.41) is 13.9. The summed E-state index contributed by atoms with van der Waals surface area (Å²) in [5.41, 5.74) is 0. The second kappa shape index (κ2) is 50.6. The number of hydrogen-bond donors (Lipinski definition) is 2. The van der Waals surface area contributed by atoms with Gasteiger partial charge in [-0.05, 0) is 83.5 Å². The molecule has 9 heteroatoms. The third-order valence-electron chi connectivity index (χ3n) is 12.3. The zero-order valence-corrected chi connectivity index (χ0v) is 46.4. The lowest BCUT2D eigenvalue weighted by Crippen LogP contribution is -2.45. The number of likely N-dealkylation sites (N-methyl/N-ethyl adjacent to an activating group) is 1. The van der Waals surface area contributed by atoms with Gasteiger partial charge in [0.2, 0.25) is 5.91 Å². The average Bonchev–Trinajstić information content (AvgIpc) is 3.31. The van der Waals surface area contributed by atoms with Crippen LogP contribution in [0.1, 0.15) is 239 Å². The maximum absolute atomic E-state index is 13.0. The molecule has 1 amide bonds. The zero-order chi connectivity index (χ0) is 50.6. The minimum Gasteiger partial charge on any atom is -0.756 e. The van der Waals surface area contributed by atoms with Gasteiger partial charge in [0.15, 0.2) is 0 Å². The minimum absolute atomic E-state index is 0.0126. The van der Waals surface area contributed by atoms with E-state index in [1.807, 2.05) is 27.2 Å². The van der Waals surface area contributed by atoms with Gasteiger partial charge >= 0.3 is 0 Å². The molecule has 0 aromatic carbocycles. The molecule has 8 nitrogen and oxygen atoms in total. The molecule has 0 fully saturated rings. The van der Waals surface area contributed by atoms with Gasteiger partial charge in [-0.1, -0.05) is 234 Å². The van der Waals surface area contributed by atoms with E-state index in [1.165, 1.54) is 148 Å². The molecule has 0 rings (SSSR count). The maximum Gasteiger partial charge on any atom is 0.268 e. The summed E-state index contributed by atoms with van der Waals surface area (Å²) >= 11 is 0. The van der Waals surface area contributed by atoms with E-state index in [4.69, 9.17) is 9.05 Å². The van der Waals surface area contributed by atoms with E-state index in [9.17, 15) is 19.4 Å². The molecule has 3 atom stereocenters. The summed E-state index contributed by atoms with van der Waals surface area (Å²) in [4.78, 5) is 25.5. The normalized spacial score (nSPS) is 14.6. The van der Waals surface area contributed by atoms with Gasteiger partial charge in [0.25, 0.3) is 7.82 Å². The van der Waals surface area contributed by atoms with Crippen molar-refractivity contribution in [3.05, 3.63) is 85.1 Å². The van der Waals surface area contributed by atoms with Crippen molar-refractivity contribution in [3.63, 3.8) is 0 Å². The van der Waals surface area contributed by atoms with Crippen molar-refractivity contribution in [3.8, 4) is 0 Å². The molecule has 69 heavy (non-hydrogen) atoms. The number of amides is 1. The Kier molecular flexibility index (Phi) is 48.9. The average molecular weight is 986 g/mol. The number of phosphoric acid groups is 1. The molecule has 0 heterocycles. The summed E-state index contributed by atoms with van der Waals surface area (Å²) < 4.78 is 23.3. The van der Waals surface area contributed by atoms with Crippen LogP contribution in [0.3, 0.4) is 0 Å². The van der Waals surface area contributed by atoms with E-state index >= 15 is 0 Å². The van der Waals surface area contributed by atoms with Crippen molar-refractivity contribution in [2.24, 2.45) is 0 Å². The van der Waals surface area contributed by atoms with Gasteiger partial charge in [-0.2, -0.15) is 0 Å². The molecule has 0 radical (unpaired) electrons. The fraction of sp³-hybridized carbons (Fsp3) is 0.750. The first-order valence-corrected chi connectivity index (χ1v) is 29.9. The Morgan fingerprint density at radius 2 is 0.899 bits per heavy atom. The third-order valence-corrected chi connectivity index (χ3v) is 13.3. The van der Waals surface area contributed by atoms with Crippen molar-refractivity contribution < 1.29 is 32.9 Å². The molecule has 0 spiro atoms. The van der Waals surface area contributed by atoms with Crippen molar-refractivity contribution in [2.75, 3.05) is 40.9 Å². The van der Waals surface area contributed by atoms with Crippen molar-refractivity contribution in [1.29, 1.82) is 0 Å². The number of phosphoric ester groups is 1. The molecule has 0 aliphatic carbocycles. The molecular weight excluding hydrogens is 876 g/mol. The van der Waals surface area contributed by atoms with E-state index in [1.54, 1.807) is 6.08 Å². The monoisotopic (exact) mass is 985 g/mol. The molecule has 0 aromatic rings. The quantitative estimate of drug-likeness (QED) is 0.0272. The first kappa shape index (κ1) is 66.7. The summed E-state index contributed by atoms with van der Waals surface area (Å²) in [6.45, 7) is 4.51. The molecule has 0 saturated carbocycles. The van der Waals surface area contributed by atoms with Gasteiger partial charge in [-0.25, -0.2) is 0 Å². The molecule has 0 aliphatic rings. The smallest absolute Gasteiger partial charge is 0.268 e. The van der Waals surface area contributed by atoms with Crippen LogP contribution in [0.15, 0.2) is 85.1 Å². The Bertz CT molecular complexity index is 1400. The predicted octanol–water partition coefficient (Wildman–Crippen LogP) is 16.6. The predicted molar refractivity (Wildman–Crippen MR) is 297 cm³/mol. The van der Waals surface area contributed by atoms with Gasteiger partial charge < -0.3 is 28.8 Å². The maximum atomic E-state index is 13.0. The Morgan fingerprint density at radius 1 is 0.522 bits per heavy atom. The molecule has 0 aromatic heterocycles. The summed E-state index contributed by atoms with van der Waals surface area (Å²) in [6, 6.07) is -0.916. The van der Waals surface area contributed by atoms with Gasteiger partial charge in [0, 0.05) is 6.42 Å². The van der Waals surface area contributed by atoms with E-state index in [2.05, 4.69) is 92.1 Å². The van der Waals surface area contributed by atoms with Gasteiger partial charge in [-0.15, -0.1) is 0 Å². The number of carbonyl (C=O) groups is 1. The lowest BCUT2D eigenvalue weighted by molar-refractivity contribution is -0.870. The number of rotatable bonds is 51. The van der Waals surface area contributed by atoms with E-state index in [0.29, 0.717) is 17.4 Å². The number of aliphatic hydroxyl groups is 1. The number of unbranched alkanes of at least 4 members (excludes halogenated alkanes) is 26. The lowest BCUT2D eigenvalue weighted by atomic mass is 10.0. The highest BCUT2D eigenvalue weighted by Gasteiger charge is 2.23. The molecular formula is C60H109N2O6P. The highest BCUT2D eigenvalue weighted by molar-refractivity contribution is 7.45. The van der Waals surface area contributed by atoms with Crippen LogP contribution in [0.5, 0.6) is 0 Å². The van der Waals surface area contributed by atoms with Crippen LogP contribution < -0.4 is 10.2 Å².